The molecular weight excluding hydrogens is 236 g/mol. The molecule has 19 heavy (non-hydrogen) atoms. The predicted molar refractivity (Wildman–Crippen MR) is 79.1 cm³/mol. The van der Waals surface area contributed by atoms with E-state index in [1.807, 2.05) is 18.2 Å². The molecule has 0 aromatic heterocycles. The number of hydrogen-bond donors (Lipinski definition) is 0. The van der Waals surface area contributed by atoms with Gasteiger partial charge in [0.1, 0.15) is 5.78 Å². The van der Waals surface area contributed by atoms with Crippen molar-refractivity contribution >= 4 is 5.78 Å². The highest BCUT2D eigenvalue weighted by molar-refractivity contribution is 5.75. The van der Waals surface area contributed by atoms with Crippen molar-refractivity contribution < 1.29 is 9.53 Å². The third kappa shape index (κ3) is 7.78. The molecule has 0 heterocycles. The highest BCUT2D eigenvalue weighted by atomic mass is 16.5. The molecule has 0 bridgehead atoms. The lowest BCUT2D eigenvalue weighted by atomic mass is 10.1. The van der Waals surface area contributed by atoms with Crippen LogP contribution < -0.4 is 0 Å². The Hall–Kier alpha value is -1.15. The van der Waals surface area contributed by atoms with Crippen molar-refractivity contribution in [2.75, 3.05) is 0 Å². The van der Waals surface area contributed by atoms with Gasteiger partial charge in [0.15, 0.2) is 0 Å². The van der Waals surface area contributed by atoms with Crippen LogP contribution in [0.15, 0.2) is 30.3 Å². The molecular formula is C17H26O2. The number of unbranched alkanes of at least 4 members (excludes halogenated alkanes) is 3. The van der Waals surface area contributed by atoms with E-state index in [2.05, 4.69) is 19.1 Å². The van der Waals surface area contributed by atoms with Crippen molar-refractivity contribution in [1.82, 2.24) is 0 Å². The van der Waals surface area contributed by atoms with Gasteiger partial charge in [-0.3, -0.25) is 4.79 Å². The van der Waals surface area contributed by atoms with Crippen LogP contribution in [0.4, 0.5) is 0 Å². The Balaban J connectivity index is 2.34. The molecule has 2 heteroatoms. The van der Waals surface area contributed by atoms with Gasteiger partial charge in [-0.15, -0.1) is 0 Å². The summed E-state index contributed by atoms with van der Waals surface area (Å²) in [7, 11) is 0. The maximum Gasteiger partial charge on any atom is 0.132 e. The van der Waals surface area contributed by atoms with Crippen LogP contribution in [0.25, 0.3) is 0 Å². The largest absolute Gasteiger partial charge is 0.373 e. The zero-order valence-corrected chi connectivity index (χ0v) is 12.2. The normalized spacial score (nSPS) is 12.3. The summed E-state index contributed by atoms with van der Waals surface area (Å²) in [5, 5.41) is 0. The Morgan fingerprint density at radius 3 is 2.53 bits per heavy atom. The van der Waals surface area contributed by atoms with Crippen LogP contribution >= 0.6 is 0 Å². The van der Waals surface area contributed by atoms with Gasteiger partial charge in [0, 0.05) is 6.42 Å². The Morgan fingerprint density at radius 2 is 1.89 bits per heavy atom. The summed E-state index contributed by atoms with van der Waals surface area (Å²) in [6, 6.07) is 10.1. The van der Waals surface area contributed by atoms with E-state index in [0.29, 0.717) is 13.0 Å². The quantitative estimate of drug-likeness (QED) is 0.579. The molecule has 1 aromatic rings. The molecule has 1 rings (SSSR count). The first kappa shape index (κ1) is 15.9. The Labute approximate surface area is 117 Å². The minimum Gasteiger partial charge on any atom is -0.373 e. The van der Waals surface area contributed by atoms with Crippen molar-refractivity contribution in [3.63, 3.8) is 0 Å². The van der Waals surface area contributed by atoms with Crippen molar-refractivity contribution in [2.24, 2.45) is 0 Å². The second-order valence-corrected chi connectivity index (χ2v) is 5.17. The second kappa shape index (κ2) is 9.74. The number of ketones is 1. The van der Waals surface area contributed by atoms with Gasteiger partial charge in [-0.25, -0.2) is 0 Å². The first-order chi connectivity index (χ1) is 9.22. The number of carbonyl (C=O) groups is 1. The molecule has 1 unspecified atom stereocenters. The van der Waals surface area contributed by atoms with Crippen LogP contribution in [0.2, 0.25) is 0 Å². The van der Waals surface area contributed by atoms with Crippen LogP contribution in [0.3, 0.4) is 0 Å². The SMILES string of the molecule is CCCCCCC(CC(C)=O)OCc1ccccc1. The van der Waals surface area contributed by atoms with E-state index < -0.39 is 0 Å². The average Bonchev–Trinajstić information content (AvgIpc) is 2.41. The van der Waals surface area contributed by atoms with Gasteiger partial charge in [-0.1, -0.05) is 62.9 Å². The summed E-state index contributed by atoms with van der Waals surface area (Å²) in [5.41, 5.74) is 1.17. The highest BCUT2D eigenvalue weighted by Crippen LogP contribution is 2.14. The number of rotatable bonds is 10. The fourth-order valence-corrected chi connectivity index (χ4v) is 2.15. The maximum absolute atomic E-state index is 11.3. The van der Waals surface area contributed by atoms with Crippen LogP contribution in [-0.4, -0.2) is 11.9 Å². The van der Waals surface area contributed by atoms with Gasteiger partial charge in [0.25, 0.3) is 0 Å². The van der Waals surface area contributed by atoms with Gasteiger partial charge in [0.2, 0.25) is 0 Å². The molecule has 0 radical (unpaired) electrons. The lowest BCUT2D eigenvalue weighted by Crippen LogP contribution is -2.16. The number of carbonyl (C=O) groups excluding carboxylic acids is 1. The Kier molecular flexibility index (Phi) is 8.15. The lowest BCUT2D eigenvalue weighted by molar-refractivity contribution is -0.120. The van der Waals surface area contributed by atoms with Gasteiger partial charge in [-0.2, -0.15) is 0 Å². The molecule has 1 aromatic carbocycles. The van der Waals surface area contributed by atoms with Gasteiger partial charge in [0.05, 0.1) is 12.7 Å². The molecule has 0 aliphatic carbocycles. The molecule has 0 aliphatic heterocycles. The smallest absolute Gasteiger partial charge is 0.132 e. The summed E-state index contributed by atoms with van der Waals surface area (Å²) < 4.78 is 5.90. The Bertz CT molecular complexity index is 346. The van der Waals surface area contributed by atoms with E-state index in [4.69, 9.17) is 4.74 Å². The maximum atomic E-state index is 11.3. The standard InChI is InChI=1S/C17H26O2/c1-3-4-5-9-12-17(13-15(2)18)19-14-16-10-7-6-8-11-16/h6-8,10-11,17H,3-5,9,12-14H2,1-2H3. The third-order valence-electron chi connectivity index (χ3n) is 3.22. The van der Waals surface area contributed by atoms with Crippen molar-refractivity contribution in [1.29, 1.82) is 0 Å². The minimum absolute atomic E-state index is 0.0783. The number of benzene rings is 1. The van der Waals surface area contributed by atoms with E-state index in [9.17, 15) is 4.79 Å². The third-order valence-corrected chi connectivity index (χ3v) is 3.22. The van der Waals surface area contributed by atoms with Crippen LogP contribution in [0.1, 0.15) is 57.9 Å². The molecule has 0 amide bonds. The Morgan fingerprint density at radius 1 is 1.16 bits per heavy atom. The molecule has 0 spiro atoms. The van der Waals surface area contributed by atoms with Gasteiger partial charge >= 0.3 is 0 Å². The first-order valence-electron chi connectivity index (χ1n) is 7.37. The summed E-state index contributed by atoms with van der Waals surface area (Å²) in [4.78, 5) is 11.3. The van der Waals surface area contributed by atoms with Crippen molar-refractivity contribution in [3.8, 4) is 0 Å². The molecule has 1 atom stereocenters. The molecule has 0 saturated carbocycles. The molecule has 0 saturated heterocycles. The number of Topliss-reactive ketones (excluding diaryl/α,β-unsaturated/α-hetero) is 1. The van der Waals surface area contributed by atoms with E-state index >= 15 is 0 Å². The highest BCUT2D eigenvalue weighted by Gasteiger charge is 2.11. The van der Waals surface area contributed by atoms with Crippen molar-refractivity contribution in [3.05, 3.63) is 35.9 Å². The summed E-state index contributed by atoms with van der Waals surface area (Å²) in [6.45, 7) is 4.45. The zero-order chi connectivity index (χ0) is 13.9. The molecule has 106 valence electrons. The average molecular weight is 262 g/mol. The number of hydrogen-bond acceptors (Lipinski definition) is 2. The second-order valence-electron chi connectivity index (χ2n) is 5.17. The fourth-order valence-electron chi connectivity index (χ4n) is 2.15. The summed E-state index contributed by atoms with van der Waals surface area (Å²) in [5.74, 6) is 0.216. The van der Waals surface area contributed by atoms with Crippen LogP contribution in [-0.2, 0) is 16.1 Å². The van der Waals surface area contributed by atoms with E-state index in [0.717, 1.165) is 12.8 Å². The fraction of sp³-hybridized carbons (Fsp3) is 0.588. The van der Waals surface area contributed by atoms with Crippen molar-refractivity contribution in [2.45, 2.75) is 65.1 Å². The zero-order valence-electron chi connectivity index (χ0n) is 12.2. The summed E-state index contributed by atoms with van der Waals surface area (Å²) in [6.07, 6.45) is 6.51. The van der Waals surface area contributed by atoms with Crippen LogP contribution in [0.5, 0.6) is 0 Å². The van der Waals surface area contributed by atoms with E-state index in [1.54, 1.807) is 6.92 Å². The molecule has 0 fully saturated rings. The molecule has 0 aliphatic rings. The van der Waals surface area contributed by atoms with Gasteiger partial charge < -0.3 is 4.74 Å². The van der Waals surface area contributed by atoms with E-state index in [-0.39, 0.29) is 11.9 Å². The predicted octanol–water partition coefficient (Wildman–Crippen LogP) is 4.52. The number of ether oxygens (including phenoxy) is 1. The van der Waals surface area contributed by atoms with Crippen LogP contribution in [0, 0.1) is 0 Å². The topological polar surface area (TPSA) is 26.3 Å². The lowest BCUT2D eigenvalue weighted by Gasteiger charge is -2.16. The molecule has 0 N–H and O–H groups in total. The van der Waals surface area contributed by atoms with E-state index in [1.165, 1.54) is 24.8 Å². The first-order valence-corrected chi connectivity index (χ1v) is 7.37. The monoisotopic (exact) mass is 262 g/mol. The molecule has 2 nitrogen and oxygen atoms in total. The summed E-state index contributed by atoms with van der Waals surface area (Å²) >= 11 is 0. The minimum atomic E-state index is 0.0783. The van der Waals surface area contributed by atoms with Gasteiger partial charge in [-0.05, 0) is 18.9 Å².